The molecule has 1 rings (SSSR count). The topological polar surface area (TPSA) is 43.1 Å². The lowest BCUT2D eigenvalue weighted by molar-refractivity contribution is -0.104. The van der Waals surface area contributed by atoms with E-state index in [4.69, 9.17) is 5.73 Å². The molecule has 0 aliphatic carbocycles. The lowest BCUT2D eigenvalue weighted by Crippen LogP contribution is -2.00. The summed E-state index contributed by atoms with van der Waals surface area (Å²) in [6.07, 6.45) is 7.05. The fraction of sp³-hybridized carbons (Fsp3) is 0.235. The minimum absolute atomic E-state index is 0.707. The van der Waals surface area contributed by atoms with Gasteiger partial charge in [0.05, 0.1) is 0 Å². The first-order valence-corrected chi connectivity index (χ1v) is 6.46. The Hall–Kier alpha value is -2.09. The molecule has 0 fully saturated rings. The molecule has 0 heterocycles. The summed E-state index contributed by atoms with van der Waals surface area (Å²) in [5, 5.41) is 0. The van der Waals surface area contributed by atoms with Gasteiger partial charge in [-0.05, 0) is 43.6 Å². The Morgan fingerprint density at radius 3 is 2.37 bits per heavy atom. The van der Waals surface area contributed by atoms with Crippen LogP contribution in [0.15, 0.2) is 53.8 Å². The van der Waals surface area contributed by atoms with Crippen molar-refractivity contribution in [2.24, 2.45) is 5.73 Å². The molecule has 2 nitrogen and oxygen atoms in total. The zero-order chi connectivity index (χ0) is 14.3. The third-order valence-corrected chi connectivity index (χ3v) is 2.83. The second-order valence-corrected chi connectivity index (χ2v) is 4.48. The van der Waals surface area contributed by atoms with E-state index < -0.39 is 0 Å². The standard InChI is InChI=1S/C17H21NO/c1-4-6-17(15-10-8-13(2)9-11-15)16(14(3)18)7-5-12-19/h5-12H,4,18H2,1-3H3/b7-5-,16-14-,17-6+. The number of aldehydes is 1. The molecule has 0 bridgehead atoms. The van der Waals surface area contributed by atoms with Gasteiger partial charge >= 0.3 is 0 Å². The predicted octanol–water partition coefficient (Wildman–Crippen LogP) is 3.78. The van der Waals surface area contributed by atoms with E-state index in [0.29, 0.717) is 5.70 Å². The first kappa shape index (κ1) is 15.0. The summed E-state index contributed by atoms with van der Waals surface area (Å²) in [5.41, 5.74) is 11.0. The van der Waals surface area contributed by atoms with Crippen molar-refractivity contribution in [3.05, 3.63) is 64.9 Å². The summed E-state index contributed by atoms with van der Waals surface area (Å²) in [6, 6.07) is 8.31. The fourth-order valence-electron chi connectivity index (χ4n) is 1.89. The molecule has 0 unspecified atom stereocenters. The Balaban J connectivity index is 3.31. The normalized spacial score (nSPS) is 13.5. The largest absolute Gasteiger partial charge is 0.402 e. The maximum Gasteiger partial charge on any atom is 0.142 e. The summed E-state index contributed by atoms with van der Waals surface area (Å²) in [7, 11) is 0. The Morgan fingerprint density at radius 2 is 1.89 bits per heavy atom. The highest BCUT2D eigenvalue weighted by Crippen LogP contribution is 2.26. The smallest absolute Gasteiger partial charge is 0.142 e. The summed E-state index contributed by atoms with van der Waals surface area (Å²) >= 11 is 0. The maximum atomic E-state index is 10.5. The Labute approximate surface area is 115 Å². The third-order valence-electron chi connectivity index (χ3n) is 2.83. The van der Waals surface area contributed by atoms with Gasteiger partial charge < -0.3 is 5.73 Å². The summed E-state index contributed by atoms with van der Waals surface area (Å²) < 4.78 is 0. The lowest BCUT2D eigenvalue weighted by atomic mass is 9.94. The van der Waals surface area contributed by atoms with Gasteiger partial charge in [0.25, 0.3) is 0 Å². The van der Waals surface area contributed by atoms with E-state index in [9.17, 15) is 4.79 Å². The van der Waals surface area contributed by atoms with Gasteiger partial charge in [0.15, 0.2) is 0 Å². The number of nitrogens with two attached hydrogens (primary N) is 1. The van der Waals surface area contributed by atoms with Crippen LogP contribution in [0, 0.1) is 6.92 Å². The van der Waals surface area contributed by atoms with Crippen LogP contribution in [0.5, 0.6) is 0 Å². The predicted molar refractivity (Wildman–Crippen MR) is 81.5 cm³/mol. The number of carbonyl (C=O) groups is 1. The van der Waals surface area contributed by atoms with Gasteiger partial charge in [-0.2, -0.15) is 0 Å². The highest BCUT2D eigenvalue weighted by molar-refractivity contribution is 5.84. The van der Waals surface area contributed by atoms with Crippen LogP contribution >= 0.6 is 0 Å². The molecule has 0 aliphatic heterocycles. The number of benzene rings is 1. The van der Waals surface area contributed by atoms with Crippen LogP contribution in [0.2, 0.25) is 0 Å². The number of hydrogen-bond donors (Lipinski definition) is 1. The number of allylic oxidation sites excluding steroid dienone is 6. The zero-order valence-corrected chi connectivity index (χ0v) is 11.8. The molecule has 0 aromatic heterocycles. The molecule has 0 atom stereocenters. The summed E-state index contributed by atoms with van der Waals surface area (Å²) in [6.45, 7) is 5.99. The maximum absolute atomic E-state index is 10.5. The molecular formula is C17H21NO. The van der Waals surface area contributed by atoms with Crippen LogP contribution in [0.1, 0.15) is 31.4 Å². The third kappa shape index (κ3) is 4.25. The van der Waals surface area contributed by atoms with Crippen molar-refractivity contribution in [2.45, 2.75) is 27.2 Å². The van der Waals surface area contributed by atoms with Crippen LogP contribution in [-0.4, -0.2) is 6.29 Å². The van der Waals surface area contributed by atoms with Crippen LogP contribution in [-0.2, 0) is 4.79 Å². The average molecular weight is 255 g/mol. The first-order valence-electron chi connectivity index (χ1n) is 6.46. The van der Waals surface area contributed by atoms with Crippen LogP contribution < -0.4 is 5.73 Å². The fourth-order valence-corrected chi connectivity index (χ4v) is 1.89. The van der Waals surface area contributed by atoms with Crippen molar-refractivity contribution >= 4 is 11.9 Å². The Morgan fingerprint density at radius 1 is 1.26 bits per heavy atom. The molecule has 1 aromatic carbocycles. The van der Waals surface area contributed by atoms with Crippen molar-refractivity contribution < 1.29 is 4.79 Å². The van der Waals surface area contributed by atoms with E-state index in [1.807, 2.05) is 6.92 Å². The Bertz CT molecular complexity index is 515. The van der Waals surface area contributed by atoms with E-state index in [1.165, 1.54) is 11.6 Å². The molecule has 100 valence electrons. The van der Waals surface area contributed by atoms with Gasteiger partial charge in [-0.1, -0.05) is 42.8 Å². The molecule has 0 saturated carbocycles. The van der Waals surface area contributed by atoms with Gasteiger partial charge in [0.1, 0.15) is 6.29 Å². The minimum atomic E-state index is 0.707. The van der Waals surface area contributed by atoms with Crippen molar-refractivity contribution in [1.82, 2.24) is 0 Å². The average Bonchev–Trinajstić information content (AvgIpc) is 2.38. The zero-order valence-electron chi connectivity index (χ0n) is 11.8. The van der Waals surface area contributed by atoms with Gasteiger partial charge in [-0.15, -0.1) is 0 Å². The minimum Gasteiger partial charge on any atom is -0.402 e. The van der Waals surface area contributed by atoms with Gasteiger partial charge in [0, 0.05) is 11.3 Å². The van der Waals surface area contributed by atoms with E-state index in [1.54, 1.807) is 6.08 Å². The molecule has 2 heteroatoms. The highest BCUT2D eigenvalue weighted by atomic mass is 16.1. The molecule has 0 saturated heterocycles. The van der Waals surface area contributed by atoms with E-state index in [2.05, 4.69) is 44.2 Å². The van der Waals surface area contributed by atoms with Crippen molar-refractivity contribution in [1.29, 1.82) is 0 Å². The van der Waals surface area contributed by atoms with E-state index in [0.717, 1.165) is 29.4 Å². The second kappa shape index (κ2) is 7.37. The van der Waals surface area contributed by atoms with Crippen molar-refractivity contribution in [2.75, 3.05) is 0 Å². The van der Waals surface area contributed by atoms with Crippen LogP contribution in [0.3, 0.4) is 0 Å². The van der Waals surface area contributed by atoms with Crippen molar-refractivity contribution in [3.8, 4) is 0 Å². The van der Waals surface area contributed by atoms with Gasteiger partial charge in [-0.25, -0.2) is 0 Å². The van der Waals surface area contributed by atoms with E-state index in [-0.39, 0.29) is 0 Å². The molecule has 2 N–H and O–H groups in total. The lowest BCUT2D eigenvalue weighted by Gasteiger charge is -2.12. The van der Waals surface area contributed by atoms with Gasteiger partial charge in [0.2, 0.25) is 0 Å². The first-order chi connectivity index (χ1) is 9.10. The summed E-state index contributed by atoms with van der Waals surface area (Å²) in [5.74, 6) is 0. The van der Waals surface area contributed by atoms with Crippen molar-refractivity contribution in [3.63, 3.8) is 0 Å². The summed E-state index contributed by atoms with van der Waals surface area (Å²) in [4.78, 5) is 10.5. The van der Waals surface area contributed by atoms with Crippen LogP contribution in [0.4, 0.5) is 0 Å². The Kier molecular flexibility index (Phi) is 5.80. The highest BCUT2D eigenvalue weighted by Gasteiger charge is 2.07. The number of aryl methyl sites for hydroxylation is 1. The van der Waals surface area contributed by atoms with E-state index >= 15 is 0 Å². The molecule has 0 aliphatic rings. The molecule has 1 aromatic rings. The molecular weight excluding hydrogens is 234 g/mol. The van der Waals surface area contributed by atoms with Crippen LogP contribution in [0.25, 0.3) is 5.57 Å². The number of rotatable bonds is 5. The number of carbonyl (C=O) groups excluding carboxylic acids is 1. The molecule has 0 spiro atoms. The molecule has 19 heavy (non-hydrogen) atoms. The monoisotopic (exact) mass is 255 g/mol. The molecule has 0 radical (unpaired) electrons. The number of hydrogen-bond acceptors (Lipinski definition) is 2. The molecule has 0 amide bonds. The quantitative estimate of drug-likeness (QED) is 0.494. The van der Waals surface area contributed by atoms with Gasteiger partial charge in [-0.3, -0.25) is 4.79 Å². The SMILES string of the molecule is CC/C=C(C(/C=C\C=O)=C(/C)N)\c1ccc(C)cc1. The second-order valence-electron chi connectivity index (χ2n) is 4.48.